The summed E-state index contributed by atoms with van der Waals surface area (Å²) in [6.45, 7) is 6.11. The molecular weight excluding hydrogens is 280 g/mol. The lowest BCUT2D eigenvalue weighted by atomic mass is 9.96. The summed E-state index contributed by atoms with van der Waals surface area (Å²) in [6, 6.07) is 10.6. The molecule has 1 amide bonds. The summed E-state index contributed by atoms with van der Waals surface area (Å²) in [6.07, 6.45) is 4.34. The number of carbonyl (C=O) groups excluding carboxylic acids is 1. The van der Waals surface area contributed by atoms with E-state index in [1.165, 1.54) is 18.4 Å². The molecule has 1 fully saturated rings. The second-order valence-corrected chi connectivity index (χ2v) is 7.01. The molecule has 1 aliphatic heterocycles. The highest BCUT2D eigenvalue weighted by molar-refractivity contribution is 7.99. The Morgan fingerprint density at radius 2 is 2.00 bits per heavy atom. The molecule has 2 rings (SSSR count). The van der Waals surface area contributed by atoms with Gasteiger partial charge in [-0.15, -0.1) is 0 Å². The fourth-order valence-electron chi connectivity index (χ4n) is 2.69. The number of hydrogen-bond acceptors (Lipinski definition) is 3. The fraction of sp³-hybridized carbons (Fsp3) is 0.588. The first kappa shape index (κ1) is 16.4. The van der Waals surface area contributed by atoms with Crippen LogP contribution < -0.4 is 5.32 Å². The molecule has 0 saturated carbocycles. The van der Waals surface area contributed by atoms with Gasteiger partial charge >= 0.3 is 0 Å². The molecule has 1 aliphatic rings. The Morgan fingerprint density at radius 3 is 2.62 bits per heavy atom. The van der Waals surface area contributed by atoms with Crippen LogP contribution in [-0.2, 0) is 11.3 Å². The minimum Gasteiger partial charge on any atom is -0.355 e. The largest absolute Gasteiger partial charge is 0.355 e. The zero-order valence-corrected chi connectivity index (χ0v) is 13.9. The minimum absolute atomic E-state index is 0.0585. The fourth-order valence-corrected chi connectivity index (χ4v) is 2.98. The van der Waals surface area contributed by atoms with E-state index in [4.69, 9.17) is 0 Å². The molecule has 4 heteroatoms. The lowest BCUT2D eigenvalue weighted by molar-refractivity contribution is -0.120. The first-order valence-electron chi connectivity index (χ1n) is 7.76. The van der Waals surface area contributed by atoms with Crippen molar-refractivity contribution < 1.29 is 4.79 Å². The Kier molecular flexibility index (Phi) is 6.58. The molecule has 0 aromatic heterocycles. The molecule has 1 aromatic rings. The maximum atomic E-state index is 11.8. The minimum atomic E-state index is 0.0585. The van der Waals surface area contributed by atoms with Crippen LogP contribution in [-0.4, -0.2) is 41.9 Å². The number of piperidine rings is 1. The van der Waals surface area contributed by atoms with Crippen LogP contribution in [0.15, 0.2) is 30.3 Å². The van der Waals surface area contributed by atoms with Gasteiger partial charge in [0.2, 0.25) is 5.91 Å². The average Bonchev–Trinajstić information content (AvgIpc) is 2.54. The number of thioether (sulfide) groups is 1. The number of nitrogens with zero attached hydrogens (tertiary/aromatic N) is 1. The topological polar surface area (TPSA) is 32.3 Å². The molecule has 3 nitrogen and oxygen atoms in total. The molecule has 21 heavy (non-hydrogen) atoms. The Hall–Kier alpha value is -1.00. The van der Waals surface area contributed by atoms with E-state index in [9.17, 15) is 4.79 Å². The Bertz CT molecular complexity index is 430. The highest BCUT2D eigenvalue weighted by Crippen LogP contribution is 2.18. The third-order valence-corrected chi connectivity index (χ3v) is 5.17. The molecule has 0 spiro atoms. The summed E-state index contributed by atoms with van der Waals surface area (Å²) < 4.78 is 0. The van der Waals surface area contributed by atoms with Crippen LogP contribution in [0.3, 0.4) is 0 Å². The number of rotatable bonds is 6. The zero-order valence-electron chi connectivity index (χ0n) is 13.0. The SMILES string of the molecule is CSC(C)C(=O)NCC1CCN(Cc2ccccc2)CC1. The number of likely N-dealkylation sites (tertiary alicyclic amines) is 1. The summed E-state index contributed by atoms with van der Waals surface area (Å²) in [4.78, 5) is 14.3. The predicted octanol–water partition coefficient (Wildman–Crippen LogP) is 2.77. The van der Waals surface area contributed by atoms with Crippen molar-refractivity contribution in [3.8, 4) is 0 Å². The highest BCUT2D eigenvalue weighted by atomic mass is 32.2. The van der Waals surface area contributed by atoms with Gasteiger partial charge in [0.15, 0.2) is 0 Å². The maximum Gasteiger partial charge on any atom is 0.232 e. The van der Waals surface area contributed by atoms with Gasteiger partial charge in [0.05, 0.1) is 5.25 Å². The number of carbonyl (C=O) groups is 1. The molecule has 0 aliphatic carbocycles. The molecule has 1 saturated heterocycles. The van der Waals surface area contributed by atoms with Crippen LogP contribution in [0, 0.1) is 5.92 Å². The van der Waals surface area contributed by atoms with Gasteiger partial charge in [0.1, 0.15) is 0 Å². The van der Waals surface area contributed by atoms with Gasteiger partial charge < -0.3 is 5.32 Å². The first-order valence-corrected chi connectivity index (χ1v) is 9.04. The van der Waals surface area contributed by atoms with Gasteiger partial charge in [-0.3, -0.25) is 9.69 Å². The Labute approximate surface area is 132 Å². The summed E-state index contributed by atoms with van der Waals surface area (Å²) in [5.74, 6) is 0.809. The number of benzene rings is 1. The lowest BCUT2D eigenvalue weighted by Crippen LogP contribution is -2.40. The smallest absolute Gasteiger partial charge is 0.232 e. The molecule has 116 valence electrons. The predicted molar refractivity (Wildman–Crippen MR) is 90.4 cm³/mol. The number of nitrogens with one attached hydrogen (secondary N) is 1. The van der Waals surface area contributed by atoms with Crippen LogP contribution in [0.2, 0.25) is 0 Å². The molecule has 1 heterocycles. The Morgan fingerprint density at radius 1 is 1.33 bits per heavy atom. The normalized spacial score (nSPS) is 18.4. The second kappa shape index (κ2) is 8.44. The zero-order chi connectivity index (χ0) is 15.1. The van der Waals surface area contributed by atoms with Gasteiger partial charge in [-0.1, -0.05) is 30.3 Å². The van der Waals surface area contributed by atoms with Crippen molar-refractivity contribution in [1.29, 1.82) is 0 Å². The quantitative estimate of drug-likeness (QED) is 0.877. The molecule has 0 radical (unpaired) electrons. The maximum absolute atomic E-state index is 11.8. The van der Waals surface area contributed by atoms with Crippen molar-refractivity contribution in [2.45, 2.75) is 31.6 Å². The highest BCUT2D eigenvalue weighted by Gasteiger charge is 2.20. The summed E-state index contributed by atoms with van der Waals surface area (Å²) in [7, 11) is 0. The van der Waals surface area contributed by atoms with Crippen molar-refractivity contribution in [2.75, 3.05) is 25.9 Å². The van der Waals surface area contributed by atoms with Gasteiger partial charge in [-0.2, -0.15) is 11.8 Å². The third-order valence-electron chi connectivity index (χ3n) is 4.24. The summed E-state index contributed by atoms with van der Waals surface area (Å²) in [5.41, 5.74) is 1.39. The van der Waals surface area contributed by atoms with Crippen LogP contribution in [0.5, 0.6) is 0 Å². The monoisotopic (exact) mass is 306 g/mol. The van der Waals surface area contributed by atoms with E-state index in [1.807, 2.05) is 13.2 Å². The van der Waals surface area contributed by atoms with Gasteiger partial charge in [-0.25, -0.2) is 0 Å². The van der Waals surface area contributed by atoms with Crippen molar-refractivity contribution in [2.24, 2.45) is 5.92 Å². The van der Waals surface area contributed by atoms with Crippen LogP contribution in [0.1, 0.15) is 25.3 Å². The standard InChI is InChI=1S/C17H26N2OS/c1-14(21-2)17(20)18-12-15-8-10-19(11-9-15)13-16-6-4-3-5-7-16/h3-7,14-15H,8-13H2,1-2H3,(H,18,20). The molecule has 1 aromatic carbocycles. The summed E-state index contributed by atoms with van der Waals surface area (Å²) >= 11 is 1.60. The van der Waals surface area contributed by atoms with E-state index in [0.29, 0.717) is 5.92 Å². The van der Waals surface area contributed by atoms with Gasteiger partial charge in [-0.05, 0) is 50.6 Å². The van der Waals surface area contributed by atoms with Crippen molar-refractivity contribution in [1.82, 2.24) is 10.2 Å². The molecule has 1 atom stereocenters. The molecule has 1 unspecified atom stereocenters. The van der Waals surface area contributed by atoms with Crippen molar-refractivity contribution >= 4 is 17.7 Å². The van der Waals surface area contributed by atoms with Crippen molar-refractivity contribution in [3.05, 3.63) is 35.9 Å². The Balaban J connectivity index is 1.67. The lowest BCUT2D eigenvalue weighted by Gasteiger charge is -2.32. The van der Waals surface area contributed by atoms with Gasteiger partial charge in [0, 0.05) is 13.1 Å². The molecular formula is C17H26N2OS. The van der Waals surface area contributed by atoms with Crippen LogP contribution in [0.4, 0.5) is 0 Å². The molecule has 0 bridgehead atoms. The van der Waals surface area contributed by atoms with E-state index in [1.54, 1.807) is 11.8 Å². The number of amides is 1. The van der Waals surface area contributed by atoms with Crippen LogP contribution in [0.25, 0.3) is 0 Å². The van der Waals surface area contributed by atoms with E-state index in [-0.39, 0.29) is 11.2 Å². The first-order chi connectivity index (χ1) is 10.2. The number of hydrogen-bond donors (Lipinski definition) is 1. The second-order valence-electron chi connectivity index (χ2n) is 5.83. The average molecular weight is 306 g/mol. The summed E-state index contributed by atoms with van der Waals surface area (Å²) in [5, 5.41) is 3.15. The van der Waals surface area contributed by atoms with E-state index < -0.39 is 0 Å². The molecule has 1 N–H and O–H groups in total. The van der Waals surface area contributed by atoms with E-state index >= 15 is 0 Å². The van der Waals surface area contributed by atoms with Crippen molar-refractivity contribution in [3.63, 3.8) is 0 Å². The van der Waals surface area contributed by atoms with Gasteiger partial charge in [0.25, 0.3) is 0 Å². The van der Waals surface area contributed by atoms with E-state index in [0.717, 1.165) is 26.2 Å². The van der Waals surface area contributed by atoms with Crippen LogP contribution >= 0.6 is 11.8 Å². The van der Waals surface area contributed by atoms with E-state index in [2.05, 4.69) is 40.5 Å². The third kappa shape index (κ3) is 5.36.